The molecule has 0 aliphatic rings. The zero-order valence-electron chi connectivity index (χ0n) is 13.4. The largest absolute Gasteiger partial charge is 0.497 e. The van der Waals surface area contributed by atoms with Crippen LogP contribution in [0.4, 0.5) is 17.2 Å². The molecule has 1 amide bonds. The van der Waals surface area contributed by atoms with E-state index < -0.39 is 0 Å². The number of halogens is 1. The van der Waals surface area contributed by atoms with Crippen molar-refractivity contribution in [2.24, 2.45) is 0 Å². The predicted octanol–water partition coefficient (Wildman–Crippen LogP) is 4.13. The van der Waals surface area contributed by atoms with E-state index in [1.165, 1.54) is 6.33 Å². The Labute approximate surface area is 149 Å². The highest BCUT2D eigenvalue weighted by atomic mass is 35.5. The number of hydrogen-bond donors (Lipinski definition) is 2. The van der Waals surface area contributed by atoms with Crippen molar-refractivity contribution in [2.75, 3.05) is 17.7 Å². The van der Waals surface area contributed by atoms with E-state index in [4.69, 9.17) is 16.3 Å². The first-order chi connectivity index (χ1) is 12.2. The molecule has 0 aliphatic carbocycles. The molecule has 2 N–H and O–H groups in total. The Morgan fingerprint density at radius 2 is 1.84 bits per heavy atom. The summed E-state index contributed by atoms with van der Waals surface area (Å²) < 4.78 is 5.12. The molecular weight excluding hydrogens is 340 g/mol. The van der Waals surface area contributed by atoms with Crippen LogP contribution in [0.1, 0.15) is 10.5 Å². The third-order valence-corrected chi connectivity index (χ3v) is 3.71. The number of aromatic nitrogens is 2. The lowest BCUT2D eigenvalue weighted by molar-refractivity contribution is 0.102. The minimum Gasteiger partial charge on any atom is -0.497 e. The summed E-state index contributed by atoms with van der Waals surface area (Å²) in [5.41, 5.74) is 1.57. The Balaban J connectivity index is 1.74. The molecule has 0 saturated carbocycles. The van der Waals surface area contributed by atoms with Crippen molar-refractivity contribution < 1.29 is 9.53 Å². The van der Waals surface area contributed by atoms with E-state index in [0.29, 0.717) is 16.5 Å². The number of methoxy groups -OCH3 is 1. The van der Waals surface area contributed by atoms with Crippen LogP contribution in [0.15, 0.2) is 60.9 Å². The number of anilines is 3. The molecule has 1 heterocycles. The van der Waals surface area contributed by atoms with Crippen molar-refractivity contribution in [3.05, 3.63) is 71.6 Å². The van der Waals surface area contributed by atoms with Gasteiger partial charge in [-0.05, 0) is 36.4 Å². The van der Waals surface area contributed by atoms with Crippen LogP contribution in [0.2, 0.25) is 5.02 Å². The Hall–Kier alpha value is -3.12. The Kier molecular flexibility index (Phi) is 5.11. The molecule has 0 spiro atoms. The summed E-state index contributed by atoms with van der Waals surface area (Å²) in [6.07, 6.45) is 1.33. The number of carbonyl (C=O) groups excluding carboxylic acids is 1. The van der Waals surface area contributed by atoms with Crippen molar-refractivity contribution in [1.82, 2.24) is 9.97 Å². The van der Waals surface area contributed by atoms with Gasteiger partial charge in [-0.25, -0.2) is 9.97 Å². The average molecular weight is 355 g/mol. The molecule has 0 fully saturated rings. The molecule has 7 heteroatoms. The normalized spacial score (nSPS) is 10.2. The van der Waals surface area contributed by atoms with E-state index in [9.17, 15) is 4.79 Å². The fraction of sp³-hybridized carbons (Fsp3) is 0.0556. The second-order valence-electron chi connectivity index (χ2n) is 5.08. The molecular formula is C18H15ClN4O2. The fourth-order valence-corrected chi connectivity index (χ4v) is 2.30. The van der Waals surface area contributed by atoms with Crippen LogP contribution in [0.3, 0.4) is 0 Å². The van der Waals surface area contributed by atoms with Crippen molar-refractivity contribution in [3.8, 4) is 5.75 Å². The summed E-state index contributed by atoms with van der Waals surface area (Å²) in [5, 5.41) is 6.30. The first kappa shape index (κ1) is 16.7. The molecule has 25 heavy (non-hydrogen) atoms. The molecule has 1 aromatic heterocycles. The van der Waals surface area contributed by atoms with Crippen molar-refractivity contribution in [3.63, 3.8) is 0 Å². The van der Waals surface area contributed by atoms with Gasteiger partial charge in [0.1, 0.15) is 23.6 Å². The van der Waals surface area contributed by atoms with Gasteiger partial charge in [-0.3, -0.25) is 4.79 Å². The zero-order chi connectivity index (χ0) is 17.6. The molecule has 0 radical (unpaired) electrons. The lowest BCUT2D eigenvalue weighted by atomic mass is 10.3. The molecule has 3 aromatic rings. The van der Waals surface area contributed by atoms with Gasteiger partial charge in [-0.1, -0.05) is 23.7 Å². The summed E-state index contributed by atoms with van der Waals surface area (Å²) in [5.74, 6) is 0.894. The van der Waals surface area contributed by atoms with Gasteiger partial charge in [-0.15, -0.1) is 0 Å². The van der Waals surface area contributed by atoms with Crippen molar-refractivity contribution in [1.29, 1.82) is 0 Å². The van der Waals surface area contributed by atoms with Gasteiger partial charge in [0.25, 0.3) is 5.91 Å². The lowest BCUT2D eigenvalue weighted by Gasteiger charge is -2.09. The number of ether oxygens (including phenoxy) is 1. The van der Waals surface area contributed by atoms with E-state index in [-0.39, 0.29) is 11.6 Å². The van der Waals surface area contributed by atoms with Crippen molar-refractivity contribution >= 4 is 34.7 Å². The number of amides is 1. The SMILES string of the molecule is COc1ccc(Nc2cc(C(=O)Nc3ccccc3Cl)ncn2)cc1. The maximum atomic E-state index is 12.4. The van der Waals surface area contributed by atoms with Gasteiger partial charge in [0.15, 0.2) is 0 Å². The highest BCUT2D eigenvalue weighted by Crippen LogP contribution is 2.22. The van der Waals surface area contributed by atoms with E-state index in [2.05, 4.69) is 20.6 Å². The molecule has 0 aliphatic heterocycles. The standard InChI is InChI=1S/C18H15ClN4O2/c1-25-13-8-6-12(7-9-13)22-17-10-16(20-11-21-17)18(24)23-15-5-3-2-4-14(15)19/h2-11H,1H3,(H,23,24)(H,20,21,22). The van der Waals surface area contributed by atoms with E-state index in [1.54, 1.807) is 37.4 Å². The van der Waals surface area contributed by atoms with Crippen molar-refractivity contribution in [2.45, 2.75) is 0 Å². The summed E-state index contributed by atoms with van der Waals surface area (Å²) >= 11 is 6.05. The van der Waals surface area contributed by atoms with Crippen LogP contribution < -0.4 is 15.4 Å². The quantitative estimate of drug-likeness (QED) is 0.720. The minimum absolute atomic E-state index is 0.228. The molecule has 0 bridgehead atoms. The summed E-state index contributed by atoms with van der Waals surface area (Å²) in [6.45, 7) is 0. The van der Waals surface area contributed by atoms with Crippen LogP contribution >= 0.6 is 11.6 Å². The molecule has 3 rings (SSSR count). The topological polar surface area (TPSA) is 76.1 Å². The number of nitrogens with one attached hydrogen (secondary N) is 2. The molecule has 6 nitrogen and oxygen atoms in total. The van der Waals surface area contributed by atoms with E-state index in [1.807, 2.05) is 24.3 Å². The maximum Gasteiger partial charge on any atom is 0.274 e. The average Bonchev–Trinajstić information content (AvgIpc) is 2.64. The number of rotatable bonds is 5. The van der Waals surface area contributed by atoms with E-state index >= 15 is 0 Å². The monoisotopic (exact) mass is 354 g/mol. The third kappa shape index (κ3) is 4.24. The number of benzene rings is 2. The summed E-state index contributed by atoms with van der Waals surface area (Å²) in [6, 6.07) is 15.9. The molecule has 0 saturated heterocycles. The third-order valence-electron chi connectivity index (χ3n) is 3.38. The number of carbonyl (C=O) groups is 1. The van der Waals surface area contributed by atoms with Gasteiger partial charge in [-0.2, -0.15) is 0 Å². The second kappa shape index (κ2) is 7.63. The van der Waals surface area contributed by atoms with Gasteiger partial charge in [0, 0.05) is 11.8 Å². The van der Waals surface area contributed by atoms with Gasteiger partial charge >= 0.3 is 0 Å². The highest BCUT2D eigenvalue weighted by Gasteiger charge is 2.11. The predicted molar refractivity (Wildman–Crippen MR) is 97.7 cm³/mol. The lowest BCUT2D eigenvalue weighted by Crippen LogP contribution is -2.14. The van der Waals surface area contributed by atoms with Crippen LogP contribution in [0, 0.1) is 0 Å². The van der Waals surface area contributed by atoms with Crippen LogP contribution in [-0.2, 0) is 0 Å². The highest BCUT2D eigenvalue weighted by molar-refractivity contribution is 6.33. The van der Waals surface area contributed by atoms with Crippen LogP contribution in [0.25, 0.3) is 0 Å². The number of para-hydroxylation sites is 1. The van der Waals surface area contributed by atoms with Crippen LogP contribution in [0.5, 0.6) is 5.75 Å². The number of nitrogens with zero attached hydrogens (tertiary/aromatic N) is 2. The maximum absolute atomic E-state index is 12.4. The Morgan fingerprint density at radius 3 is 2.56 bits per heavy atom. The zero-order valence-corrected chi connectivity index (χ0v) is 14.1. The minimum atomic E-state index is -0.367. The van der Waals surface area contributed by atoms with E-state index in [0.717, 1.165) is 11.4 Å². The molecule has 0 unspecified atom stereocenters. The molecule has 2 aromatic carbocycles. The molecule has 126 valence electrons. The molecule has 0 atom stereocenters. The smallest absolute Gasteiger partial charge is 0.274 e. The Bertz CT molecular complexity index is 884. The fourth-order valence-electron chi connectivity index (χ4n) is 2.12. The first-order valence-corrected chi connectivity index (χ1v) is 7.82. The summed E-state index contributed by atoms with van der Waals surface area (Å²) in [7, 11) is 1.61. The van der Waals surface area contributed by atoms with Gasteiger partial charge in [0.2, 0.25) is 0 Å². The first-order valence-electron chi connectivity index (χ1n) is 7.45. The summed E-state index contributed by atoms with van der Waals surface area (Å²) in [4.78, 5) is 20.5. The second-order valence-corrected chi connectivity index (χ2v) is 5.48. The Morgan fingerprint density at radius 1 is 1.08 bits per heavy atom. The van der Waals surface area contributed by atoms with Gasteiger partial charge < -0.3 is 15.4 Å². The number of hydrogen-bond acceptors (Lipinski definition) is 5. The van der Waals surface area contributed by atoms with Gasteiger partial charge in [0.05, 0.1) is 17.8 Å². The van der Waals surface area contributed by atoms with Crippen LogP contribution in [-0.4, -0.2) is 23.0 Å².